The second-order valence-corrected chi connectivity index (χ2v) is 3.82. The van der Waals surface area contributed by atoms with Crippen molar-refractivity contribution in [3.8, 4) is 0 Å². The number of piperazine rings is 1. The van der Waals surface area contributed by atoms with Crippen LogP contribution in [0.2, 0.25) is 0 Å². The molecule has 0 aromatic rings. The maximum atomic E-state index is 10.5. The average molecular weight is 183 g/mol. The highest BCUT2D eigenvalue weighted by atomic mass is 16.1. The van der Waals surface area contributed by atoms with Gasteiger partial charge in [-0.05, 0) is 13.0 Å². The van der Waals surface area contributed by atoms with Crippen LogP contribution in [0.15, 0.2) is 0 Å². The van der Waals surface area contributed by atoms with Gasteiger partial charge in [-0.3, -0.25) is 9.69 Å². The van der Waals surface area contributed by atoms with Crippen LogP contribution in [0.25, 0.3) is 0 Å². The van der Waals surface area contributed by atoms with E-state index in [1.54, 1.807) is 0 Å². The maximum absolute atomic E-state index is 10.5. The van der Waals surface area contributed by atoms with Gasteiger partial charge >= 0.3 is 0 Å². The Morgan fingerprint density at radius 3 is 2.54 bits per heavy atom. The van der Waals surface area contributed by atoms with Gasteiger partial charge in [-0.25, -0.2) is 0 Å². The molecule has 0 bridgehead atoms. The number of rotatable bonds is 2. The predicted molar refractivity (Wildman–Crippen MR) is 50.5 cm³/mol. The SMILES string of the molecule is O=CN1CCN(C2CCNC2)CC1. The molecule has 4 nitrogen and oxygen atoms in total. The number of carbonyl (C=O) groups is 1. The van der Waals surface area contributed by atoms with Crippen LogP contribution in [0, 0.1) is 0 Å². The summed E-state index contributed by atoms with van der Waals surface area (Å²) in [6.07, 6.45) is 2.23. The molecule has 74 valence electrons. The molecule has 2 saturated heterocycles. The Hall–Kier alpha value is -0.610. The van der Waals surface area contributed by atoms with Crippen molar-refractivity contribution in [2.75, 3.05) is 39.3 Å². The molecular formula is C9H17N3O. The molecule has 2 fully saturated rings. The number of hydrogen-bond acceptors (Lipinski definition) is 3. The molecule has 0 saturated carbocycles. The van der Waals surface area contributed by atoms with Crippen LogP contribution in [0.4, 0.5) is 0 Å². The summed E-state index contributed by atoms with van der Waals surface area (Å²) in [6, 6.07) is 0.716. The zero-order chi connectivity index (χ0) is 9.10. The summed E-state index contributed by atoms with van der Waals surface area (Å²) in [5.41, 5.74) is 0. The molecule has 1 unspecified atom stereocenters. The lowest BCUT2D eigenvalue weighted by Gasteiger charge is -2.36. The van der Waals surface area contributed by atoms with Gasteiger partial charge in [0.2, 0.25) is 6.41 Å². The van der Waals surface area contributed by atoms with E-state index >= 15 is 0 Å². The van der Waals surface area contributed by atoms with Crippen molar-refractivity contribution in [2.45, 2.75) is 12.5 Å². The smallest absolute Gasteiger partial charge is 0.209 e. The first kappa shape index (κ1) is 8.97. The molecule has 13 heavy (non-hydrogen) atoms. The Morgan fingerprint density at radius 2 is 2.00 bits per heavy atom. The Bertz CT molecular complexity index is 172. The summed E-state index contributed by atoms with van der Waals surface area (Å²) >= 11 is 0. The van der Waals surface area contributed by atoms with E-state index in [-0.39, 0.29) is 0 Å². The van der Waals surface area contributed by atoms with Gasteiger partial charge in [0.05, 0.1) is 0 Å². The van der Waals surface area contributed by atoms with E-state index in [0.29, 0.717) is 6.04 Å². The third-order valence-corrected chi connectivity index (χ3v) is 3.05. The van der Waals surface area contributed by atoms with Gasteiger partial charge in [-0.1, -0.05) is 0 Å². The van der Waals surface area contributed by atoms with Gasteiger partial charge in [0, 0.05) is 38.8 Å². The van der Waals surface area contributed by atoms with E-state index < -0.39 is 0 Å². The third-order valence-electron chi connectivity index (χ3n) is 3.05. The van der Waals surface area contributed by atoms with Crippen molar-refractivity contribution in [1.82, 2.24) is 15.1 Å². The van der Waals surface area contributed by atoms with Crippen LogP contribution in [0.1, 0.15) is 6.42 Å². The van der Waals surface area contributed by atoms with Crippen LogP contribution in [0.3, 0.4) is 0 Å². The monoisotopic (exact) mass is 183 g/mol. The molecule has 0 aliphatic carbocycles. The van der Waals surface area contributed by atoms with Crippen LogP contribution < -0.4 is 5.32 Å². The van der Waals surface area contributed by atoms with Crippen molar-refractivity contribution >= 4 is 6.41 Å². The molecule has 1 atom stereocenters. The van der Waals surface area contributed by atoms with Crippen LogP contribution in [-0.4, -0.2) is 61.5 Å². The zero-order valence-electron chi connectivity index (χ0n) is 7.91. The zero-order valence-corrected chi connectivity index (χ0v) is 7.91. The van der Waals surface area contributed by atoms with Gasteiger partial charge in [0.15, 0.2) is 0 Å². The minimum atomic E-state index is 0.716. The predicted octanol–water partition coefficient (Wildman–Crippen LogP) is -0.878. The Balaban J connectivity index is 1.79. The third kappa shape index (κ3) is 2.00. The van der Waals surface area contributed by atoms with E-state index in [9.17, 15) is 4.79 Å². The van der Waals surface area contributed by atoms with Crippen molar-refractivity contribution in [3.05, 3.63) is 0 Å². The summed E-state index contributed by atoms with van der Waals surface area (Å²) in [5.74, 6) is 0. The Kier molecular flexibility index (Phi) is 2.80. The lowest BCUT2D eigenvalue weighted by Crippen LogP contribution is -2.50. The average Bonchev–Trinajstić information content (AvgIpc) is 2.71. The highest BCUT2D eigenvalue weighted by Gasteiger charge is 2.25. The highest BCUT2D eigenvalue weighted by Crippen LogP contribution is 2.10. The molecule has 1 amide bonds. The summed E-state index contributed by atoms with van der Waals surface area (Å²) in [6.45, 7) is 6.18. The van der Waals surface area contributed by atoms with Crippen molar-refractivity contribution in [2.24, 2.45) is 0 Å². The fraction of sp³-hybridized carbons (Fsp3) is 0.889. The van der Waals surface area contributed by atoms with Crippen molar-refractivity contribution in [3.63, 3.8) is 0 Å². The maximum Gasteiger partial charge on any atom is 0.209 e. The number of carbonyl (C=O) groups excluding carboxylic acids is 1. The first-order chi connectivity index (χ1) is 6.40. The number of nitrogens with one attached hydrogen (secondary N) is 1. The molecular weight excluding hydrogens is 166 g/mol. The van der Waals surface area contributed by atoms with Crippen LogP contribution in [0.5, 0.6) is 0 Å². The summed E-state index contributed by atoms with van der Waals surface area (Å²) in [5, 5.41) is 3.37. The second kappa shape index (κ2) is 4.07. The second-order valence-electron chi connectivity index (χ2n) is 3.82. The summed E-state index contributed by atoms with van der Waals surface area (Å²) in [4.78, 5) is 14.8. The van der Waals surface area contributed by atoms with Gasteiger partial charge in [-0.15, -0.1) is 0 Å². The van der Waals surface area contributed by atoms with E-state index in [4.69, 9.17) is 0 Å². The lowest BCUT2D eigenvalue weighted by molar-refractivity contribution is -0.120. The van der Waals surface area contributed by atoms with Gasteiger partial charge in [0.25, 0.3) is 0 Å². The van der Waals surface area contributed by atoms with E-state index in [0.717, 1.165) is 45.7 Å². The first-order valence-corrected chi connectivity index (χ1v) is 5.04. The topological polar surface area (TPSA) is 35.6 Å². The van der Waals surface area contributed by atoms with Gasteiger partial charge in [-0.2, -0.15) is 0 Å². The van der Waals surface area contributed by atoms with E-state index in [2.05, 4.69) is 10.2 Å². The molecule has 2 heterocycles. The van der Waals surface area contributed by atoms with E-state index in [1.807, 2.05) is 4.90 Å². The van der Waals surface area contributed by atoms with E-state index in [1.165, 1.54) is 6.42 Å². The molecule has 0 radical (unpaired) electrons. The van der Waals surface area contributed by atoms with Crippen LogP contribution >= 0.6 is 0 Å². The minimum absolute atomic E-state index is 0.716. The number of hydrogen-bond donors (Lipinski definition) is 1. The van der Waals surface area contributed by atoms with Gasteiger partial charge in [0.1, 0.15) is 0 Å². The quantitative estimate of drug-likeness (QED) is 0.565. The summed E-state index contributed by atoms with van der Waals surface area (Å²) < 4.78 is 0. The molecule has 0 aromatic heterocycles. The standard InChI is InChI=1S/C9H17N3O/c13-8-11-3-5-12(6-4-11)9-1-2-10-7-9/h8-10H,1-7H2. The lowest BCUT2D eigenvalue weighted by atomic mass is 10.2. The largest absolute Gasteiger partial charge is 0.343 e. The minimum Gasteiger partial charge on any atom is -0.343 e. The number of nitrogens with zero attached hydrogens (tertiary/aromatic N) is 2. The molecule has 2 aliphatic rings. The Morgan fingerprint density at radius 1 is 1.23 bits per heavy atom. The molecule has 0 aromatic carbocycles. The molecule has 2 rings (SSSR count). The summed E-state index contributed by atoms with van der Waals surface area (Å²) in [7, 11) is 0. The fourth-order valence-corrected chi connectivity index (χ4v) is 2.16. The fourth-order valence-electron chi connectivity index (χ4n) is 2.16. The normalized spacial score (nSPS) is 30.8. The molecule has 4 heteroatoms. The Labute approximate surface area is 78.9 Å². The van der Waals surface area contributed by atoms with Crippen molar-refractivity contribution in [1.29, 1.82) is 0 Å². The molecule has 2 aliphatic heterocycles. The van der Waals surface area contributed by atoms with Gasteiger partial charge < -0.3 is 10.2 Å². The highest BCUT2D eigenvalue weighted by molar-refractivity contribution is 5.47. The molecule has 0 spiro atoms. The number of amides is 1. The van der Waals surface area contributed by atoms with Crippen molar-refractivity contribution < 1.29 is 4.79 Å². The first-order valence-electron chi connectivity index (χ1n) is 5.04. The molecule has 1 N–H and O–H groups in total. The van der Waals surface area contributed by atoms with Crippen LogP contribution in [-0.2, 0) is 4.79 Å².